The van der Waals surface area contributed by atoms with Crippen LogP contribution in [0.15, 0.2) is 97.8 Å². The van der Waals surface area contributed by atoms with Crippen LogP contribution in [-0.4, -0.2) is 72.8 Å². The second-order valence-corrected chi connectivity index (χ2v) is 16.0. The minimum atomic E-state index is -4.39. The van der Waals surface area contributed by atoms with Crippen LogP contribution >= 0.6 is 0 Å². The molecule has 2 aliphatic heterocycles. The largest absolute Gasteiger partial charge is 0.479 e. The summed E-state index contributed by atoms with van der Waals surface area (Å²) in [6, 6.07) is 18.2. The topological polar surface area (TPSA) is 141 Å². The molecule has 340 valence electrons. The van der Waals surface area contributed by atoms with Gasteiger partial charge in [0, 0.05) is 37.3 Å². The van der Waals surface area contributed by atoms with Crippen molar-refractivity contribution in [3.05, 3.63) is 143 Å². The number of aryl methyl sites for hydroxylation is 4. The highest BCUT2D eigenvalue weighted by Gasteiger charge is 2.34. The van der Waals surface area contributed by atoms with Gasteiger partial charge < -0.3 is 18.6 Å². The normalized spacial score (nSPS) is 16.0. The van der Waals surface area contributed by atoms with Crippen LogP contribution in [0.2, 0.25) is 0 Å². The van der Waals surface area contributed by atoms with Crippen LogP contribution in [0.5, 0.6) is 11.8 Å². The summed E-state index contributed by atoms with van der Waals surface area (Å²) in [7, 11) is 3.07. The van der Waals surface area contributed by atoms with Gasteiger partial charge in [-0.25, -0.2) is 39.3 Å². The van der Waals surface area contributed by atoms with E-state index < -0.39 is 23.5 Å². The number of methoxy groups -OCH3 is 2. The molecule has 0 bridgehead atoms. The summed E-state index contributed by atoms with van der Waals surface area (Å²) in [4.78, 5) is 27.0. The molecule has 8 heterocycles. The van der Waals surface area contributed by atoms with Gasteiger partial charge in [0.15, 0.2) is 11.6 Å². The van der Waals surface area contributed by atoms with E-state index in [0.717, 1.165) is 47.7 Å². The predicted octanol–water partition coefficient (Wildman–Crippen LogP) is 9.57. The lowest BCUT2D eigenvalue weighted by Gasteiger charge is -2.23. The van der Waals surface area contributed by atoms with E-state index in [0.29, 0.717) is 83.5 Å². The smallest absolute Gasteiger partial charge is 0.416 e. The summed E-state index contributed by atoms with van der Waals surface area (Å²) in [5.41, 5.74) is 4.09. The first-order valence-electron chi connectivity index (χ1n) is 21.0. The van der Waals surface area contributed by atoms with Crippen LogP contribution in [0.1, 0.15) is 82.8 Å². The second-order valence-electron chi connectivity index (χ2n) is 16.0. The van der Waals surface area contributed by atoms with Crippen LogP contribution < -0.4 is 9.47 Å². The first-order valence-corrected chi connectivity index (χ1v) is 21.0. The Morgan fingerprint density at radius 1 is 0.561 bits per heavy atom. The molecule has 66 heavy (non-hydrogen) atoms. The summed E-state index contributed by atoms with van der Waals surface area (Å²) in [6.45, 7) is 5.10. The Labute approximate surface area is 374 Å². The SMILES string of the molecule is COc1nc(-c2nc3n(n2)CCC[C@@H]3c2cccc(C(F)(F)F)c2)ccc1-n1cnc(C)c1.COc1nc(-c2nc3n(n2)CCC[C@H]3c2cccc(C(F)(F)F)c2)ccc1-n1cnc(C)c1. The van der Waals surface area contributed by atoms with Crippen LogP contribution in [-0.2, 0) is 25.4 Å². The van der Waals surface area contributed by atoms with Crippen molar-refractivity contribution in [3.8, 4) is 46.2 Å². The summed E-state index contributed by atoms with van der Waals surface area (Å²) in [6.07, 6.45) is 1.32. The third-order valence-corrected chi connectivity index (χ3v) is 11.5. The Morgan fingerprint density at radius 3 is 1.35 bits per heavy atom. The standard InChI is InChI=1S/2C23H21F3N6O/c2*1-14-12-31(13-27-14)19-9-8-18(28-22(19)33-2)20-29-21-17(7-4-10-32(21)30-20)15-5-3-6-16(11-15)23(24,25)26/h2*3,5-6,8-9,11-13,17H,4,7,10H2,1-2H3/t2*17-/m10/s1. The Bertz CT molecular complexity index is 2820. The first-order chi connectivity index (χ1) is 31.7. The van der Waals surface area contributed by atoms with Crippen LogP contribution in [0.25, 0.3) is 34.4 Å². The minimum absolute atomic E-state index is 0.266. The number of ether oxygens (including phenoxy) is 2. The second kappa shape index (κ2) is 17.5. The molecule has 0 N–H and O–H groups in total. The molecule has 0 fully saturated rings. The summed E-state index contributed by atoms with van der Waals surface area (Å²) >= 11 is 0. The first kappa shape index (κ1) is 43.9. The quantitative estimate of drug-likeness (QED) is 0.135. The van der Waals surface area contributed by atoms with Crippen LogP contribution in [0.3, 0.4) is 0 Å². The van der Waals surface area contributed by atoms with Gasteiger partial charge >= 0.3 is 12.4 Å². The van der Waals surface area contributed by atoms with Gasteiger partial charge in [-0.15, -0.1) is 10.2 Å². The van der Waals surface area contributed by atoms with Gasteiger partial charge in [-0.05, 0) is 87.1 Å². The molecular formula is C46H42F6N12O2. The molecule has 0 saturated carbocycles. The van der Waals surface area contributed by atoms with E-state index >= 15 is 0 Å². The molecule has 10 rings (SSSR count). The fourth-order valence-corrected chi connectivity index (χ4v) is 8.33. The number of pyridine rings is 2. The van der Waals surface area contributed by atoms with Gasteiger partial charge in [0.1, 0.15) is 34.4 Å². The van der Waals surface area contributed by atoms with Gasteiger partial charge in [0.25, 0.3) is 0 Å². The van der Waals surface area contributed by atoms with E-state index in [9.17, 15) is 26.3 Å². The Hall–Kier alpha value is -7.38. The third kappa shape index (κ3) is 8.86. The predicted molar refractivity (Wildman–Crippen MR) is 228 cm³/mol. The fraction of sp³-hybridized carbons (Fsp3) is 0.304. The minimum Gasteiger partial charge on any atom is -0.479 e. The molecule has 0 radical (unpaired) electrons. The summed E-state index contributed by atoms with van der Waals surface area (Å²) < 4.78 is 97.5. The number of imidazole rings is 2. The van der Waals surface area contributed by atoms with E-state index in [4.69, 9.17) is 9.47 Å². The Kier molecular flexibility index (Phi) is 11.7. The number of hydrogen-bond acceptors (Lipinski definition) is 10. The highest BCUT2D eigenvalue weighted by atomic mass is 19.4. The molecule has 20 heteroatoms. The molecule has 0 amide bonds. The highest BCUT2D eigenvalue weighted by molar-refractivity contribution is 5.57. The number of halogens is 6. The molecule has 0 unspecified atom stereocenters. The van der Waals surface area contributed by atoms with Crippen molar-refractivity contribution in [2.75, 3.05) is 14.2 Å². The van der Waals surface area contributed by atoms with Crippen LogP contribution in [0.4, 0.5) is 26.3 Å². The zero-order valence-electron chi connectivity index (χ0n) is 36.1. The van der Waals surface area contributed by atoms with Crippen molar-refractivity contribution in [1.82, 2.24) is 58.6 Å². The van der Waals surface area contributed by atoms with E-state index in [1.165, 1.54) is 38.5 Å². The number of alkyl halides is 6. The molecule has 14 nitrogen and oxygen atoms in total. The number of nitrogens with zero attached hydrogens (tertiary/aromatic N) is 12. The lowest BCUT2D eigenvalue weighted by molar-refractivity contribution is -0.138. The molecular weight excluding hydrogens is 867 g/mol. The van der Waals surface area contributed by atoms with E-state index in [-0.39, 0.29) is 11.8 Å². The molecule has 0 aliphatic carbocycles. The van der Waals surface area contributed by atoms with Crippen molar-refractivity contribution >= 4 is 0 Å². The molecule has 2 aliphatic rings. The van der Waals surface area contributed by atoms with Crippen molar-refractivity contribution in [2.45, 2.75) is 76.8 Å². The zero-order valence-corrected chi connectivity index (χ0v) is 36.1. The molecule has 0 saturated heterocycles. The number of rotatable bonds is 8. The van der Waals surface area contributed by atoms with E-state index in [2.05, 4.69) is 40.1 Å². The maximum absolute atomic E-state index is 13.2. The Morgan fingerprint density at radius 2 is 0.985 bits per heavy atom. The molecule has 6 aromatic heterocycles. The van der Waals surface area contributed by atoms with Gasteiger partial charge in [-0.2, -0.15) is 26.3 Å². The molecule has 8 aromatic rings. The fourth-order valence-electron chi connectivity index (χ4n) is 8.33. The number of aromatic nitrogens is 12. The Balaban J connectivity index is 0.000000166. The zero-order chi connectivity index (χ0) is 46.3. The van der Waals surface area contributed by atoms with Gasteiger partial charge in [0.05, 0.1) is 49.4 Å². The lowest BCUT2D eigenvalue weighted by Crippen LogP contribution is -2.18. The van der Waals surface area contributed by atoms with Crippen molar-refractivity contribution in [1.29, 1.82) is 0 Å². The van der Waals surface area contributed by atoms with Gasteiger partial charge in [0.2, 0.25) is 11.8 Å². The van der Waals surface area contributed by atoms with Crippen LogP contribution in [0, 0.1) is 13.8 Å². The third-order valence-electron chi connectivity index (χ3n) is 11.5. The monoisotopic (exact) mass is 908 g/mol. The molecule has 2 atom stereocenters. The van der Waals surface area contributed by atoms with E-state index in [1.54, 1.807) is 46.3 Å². The summed E-state index contributed by atoms with van der Waals surface area (Å²) in [5, 5.41) is 9.19. The maximum Gasteiger partial charge on any atom is 0.416 e. The number of hydrogen-bond donors (Lipinski definition) is 0. The van der Waals surface area contributed by atoms with Crippen molar-refractivity contribution in [3.63, 3.8) is 0 Å². The van der Waals surface area contributed by atoms with Gasteiger partial charge in [-0.3, -0.25) is 0 Å². The highest BCUT2D eigenvalue weighted by Crippen LogP contribution is 2.39. The van der Waals surface area contributed by atoms with Crippen molar-refractivity contribution < 1.29 is 35.8 Å². The average Bonchev–Trinajstić information content (AvgIpc) is 4.15. The molecule has 2 aromatic carbocycles. The lowest BCUT2D eigenvalue weighted by atomic mass is 9.90. The number of fused-ring (bicyclic) bond motifs is 2. The summed E-state index contributed by atoms with van der Waals surface area (Å²) in [5.74, 6) is 2.37. The van der Waals surface area contributed by atoms with Crippen molar-refractivity contribution in [2.24, 2.45) is 0 Å². The average molecular weight is 909 g/mol. The van der Waals surface area contributed by atoms with E-state index in [1.807, 2.05) is 47.5 Å². The number of benzene rings is 2. The van der Waals surface area contributed by atoms with Gasteiger partial charge in [-0.1, -0.05) is 36.4 Å². The molecule has 0 spiro atoms. The maximum atomic E-state index is 13.2.